The maximum atomic E-state index is 12.2. The van der Waals surface area contributed by atoms with Crippen LogP contribution in [-0.4, -0.2) is 37.4 Å². The quantitative estimate of drug-likeness (QED) is 0.882. The van der Waals surface area contributed by atoms with Crippen LogP contribution in [0.4, 0.5) is 0 Å². The van der Waals surface area contributed by atoms with E-state index < -0.39 is 0 Å². The van der Waals surface area contributed by atoms with Gasteiger partial charge in [-0.2, -0.15) is 0 Å². The summed E-state index contributed by atoms with van der Waals surface area (Å²) in [5.41, 5.74) is 2.74. The average molecular weight is 277 g/mol. The third-order valence-electron chi connectivity index (χ3n) is 4.28. The van der Waals surface area contributed by atoms with Crippen LogP contribution < -0.4 is 5.32 Å². The van der Waals surface area contributed by atoms with Crippen molar-refractivity contribution in [1.82, 2.24) is 5.32 Å². The summed E-state index contributed by atoms with van der Waals surface area (Å²) in [5.74, 6) is -0.0765. The lowest BCUT2D eigenvalue weighted by Crippen LogP contribution is -2.43. The van der Waals surface area contributed by atoms with E-state index in [-0.39, 0.29) is 17.9 Å². The lowest BCUT2D eigenvalue weighted by molar-refractivity contribution is -0.0146. The molecule has 2 N–H and O–H groups in total. The molecule has 110 valence electrons. The van der Waals surface area contributed by atoms with Crippen LogP contribution in [0.3, 0.4) is 0 Å². The summed E-state index contributed by atoms with van der Waals surface area (Å²) >= 11 is 0. The Balaban J connectivity index is 1.98. The molecule has 0 radical (unpaired) electrons. The predicted molar refractivity (Wildman–Crippen MR) is 77.8 cm³/mol. The van der Waals surface area contributed by atoms with E-state index in [0.29, 0.717) is 25.3 Å². The number of nitrogens with one attached hydrogen (secondary N) is 1. The summed E-state index contributed by atoms with van der Waals surface area (Å²) in [6.45, 7) is 5.92. The zero-order valence-electron chi connectivity index (χ0n) is 12.2. The van der Waals surface area contributed by atoms with E-state index >= 15 is 0 Å². The summed E-state index contributed by atoms with van der Waals surface area (Å²) in [4.78, 5) is 12.2. The van der Waals surface area contributed by atoms with Crippen LogP contribution >= 0.6 is 0 Å². The van der Waals surface area contributed by atoms with Crippen molar-refractivity contribution in [3.8, 4) is 0 Å². The Morgan fingerprint density at radius 2 is 2.00 bits per heavy atom. The standard InChI is InChI=1S/C16H23NO3/c1-12-3-4-14(9-13(12)2)15(19)17-10-16(11-18)5-7-20-8-6-16/h3-4,9,18H,5-8,10-11H2,1-2H3,(H,17,19). The number of rotatable bonds is 4. The third-order valence-corrected chi connectivity index (χ3v) is 4.28. The van der Waals surface area contributed by atoms with Crippen molar-refractivity contribution < 1.29 is 14.6 Å². The van der Waals surface area contributed by atoms with Crippen molar-refractivity contribution in [2.45, 2.75) is 26.7 Å². The van der Waals surface area contributed by atoms with Gasteiger partial charge in [-0.05, 0) is 49.9 Å². The molecule has 1 heterocycles. The molecule has 1 fully saturated rings. The summed E-state index contributed by atoms with van der Waals surface area (Å²) in [6.07, 6.45) is 1.58. The highest BCUT2D eigenvalue weighted by atomic mass is 16.5. The molecule has 0 bridgehead atoms. The highest BCUT2D eigenvalue weighted by Crippen LogP contribution is 2.29. The Kier molecular flexibility index (Phi) is 4.78. The lowest BCUT2D eigenvalue weighted by Gasteiger charge is -2.35. The molecular formula is C16H23NO3. The van der Waals surface area contributed by atoms with E-state index in [9.17, 15) is 9.90 Å². The molecule has 1 aliphatic heterocycles. The molecule has 20 heavy (non-hydrogen) atoms. The zero-order valence-corrected chi connectivity index (χ0v) is 12.2. The van der Waals surface area contributed by atoms with Crippen molar-refractivity contribution in [2.24, 2.45) is 5.41 Å². The topological polar surface area (TPSA) is 58.6 Å². The Labute approximate surface area is 120 Å². The van der Waals surface area contributed by atoms with E-state index in [0.717, 1.165) is 18.4 Å². The number of carbonyl (C=O) groups is 1. The van der Waals surface area contributed by atoms with E-state index in [1.165, 1.54) is 5.56 Å². The number of hydrogen-bond acceptors (Lipinski definition) is 3. The van der Waals surface area contributed by atoms with Crippen molar-refractivity contribution in [3.05, 3.63) is 34.9 Å². The minimum Gasteiger partial charge on any atom is -0.396 e. The molecule has 4 heteroatoms. The fourth-order valence-electron chi connectivity index (χ4n) is 2.45. The van der Waals surface area contributed by atoms with E-state index in [1.807, 2.05) is 32.0 Å². The van der Waals surface area contributed by atoms with Crippen molar-refractivity contribution in [3.63, 3.8) is 0 Å². The van der Waals surface area contributed by atoms with Gasteiger partial charge >= 0.3 is 0 Å². The largest absolute Gasteiger partial charge is 0.396 e. The Bertz CT molecular complexity index is 479. The molecule has 1 aliphatic rings. The number of amides is 1. The smallest absolute Gasteiger partial charge is 0.251 e. The first kappa shape index (κ1) is 15.0. The van der Waals surface area contributed by atoms with E-state index in [4.69, 9.17) is 4.74 Å². The molecule has 0 unspecified atom stereocenters. The second-order valence-corrected chi connectivity index (χ2v) is 5.75. The van der Waals surface area contributed by atoms with Gasteiger partial charge < -0.3 is 15.2 Å². The summed E-state index contributed by atoms with van der Waals surface area (Å²) in [7, 11) is 0. The number of carbonyl (C=O) groups excluding carboxylic acids is 1. The van der Waals surface area contributed by atoms with Crippen molar-refractivity contribution >= 4 is 5.91 Å². The van der Waals surface area contributed by atoms with Gasteiger partial charge in [0.15, 0.2) is 0 Å². The van der Waals surface area contributed by atoms with Crippen LogP contribution in [0.15, 0.2) is 18.2 Å². The minimum absolute atomic E-state index is 0.0765. The van der Waals surface area contributed by atoms with Gasteiger partial charge in [0.05, 0.1) is 6.61 Å². The summed E-state index contributed by atoms with van der Waals surface area (Å²) in [6, 6.07) is 5.70. The molecule has 1 aromatic carbocycles. The van der Waals surface area contributed by atoms with Crippen LogP contribution in [-0.2, 0) is 4.74 Å². The number of hydrogen-bond donors (Lipinski definition) is 2. The Morgan fingerprint density at radius 1 is 1.30 bits per heavy atom. The normalized spacial score (nSPS) is 17.8. The molecule has 4 nitrogen and oxygen atoms in total. The second-order valence-electron chi connectivity index (χ2n) is 5.75. The first-order valence-electron chi connectivity index (χ1n) is 7.10. The monoisotopic (exact) mass is 277 g/mol. The van der Waals surface area contributed by atoms with Crippen LogP contribution in [0, 0.1) is 19.3 Å². The van der Waals surface area contributed by atoms with Crippen LogP contribution in [0.25, 0.3) is 0 Å². The number of benzene rings is 1. The van der Waals surface area contributed by atoms with Gasteiger partial charge in [-0.15, -0.1) is 0 Å². The van der Waals surface area contributed by atoms with E-state index in [1.54, 1.807) is 0 Å². The first-order chi connectivity index (χ1) is 9.56. The highest BCUT2D eigenvalue weighted by molar-refractivity contribution is 5.94. The van der Waals surface area contributed by atoms with Gasteiger partial charge in [0.2, 0.25) is 0 Å². The summed E-state index contributed by atoms with van der Waals surface area (Å²) in [5, 5.41) is 12.6. The Morgan fingerprint density at radius 3 is 2.60 bits per heavy atom. The molecule has 1 saturated heterocycles. The molecule has 1 amide bonds. The van der Waals surface area contributed by atoms with Crippen molar-refractivity contribution in [2.75, 3.05) is 26.4 Å². The molecular weight excluding hydrogens is 254 g/mol. The number of aryl methyl sites for hydroxylation is 2. The van der Waals surface area contributed by atoms with Crippen LogP contribution in [0.1, 0.15) is 34.3 Å². The maximum absolute atomic E-state index is 12.2. The molecule has 0 aromatic heterocycles. The van der Waals surface area contributed by atoms with Crippen LogP contribution in [0.5, 0.6) is 0 Å². The molecule has 0 aliphatic carbocycles. The van der Waals surface area contributed by atoms with Gasteiger partial charge in [0.25, 0.3) is 5.91 Å². The number of aliphatic hydroxyl groups is 1. The van der Waals surface area contributed by atoms with E-state index in [2.05, 4.69) is 5.32 Å². The fourth-order valence-corrected chi connectivity index (χ4v) is 2.45. The SMILES string of the molecule is Cc1ccc(C(=O)NCC2(CO)CCOCC2)cc1C. The molecule has 1 aromatic rings. The molecule has 0 atom stereocenters. The van der Waals surface area contributed by atoms with Gasteiger partial charge in [0.1, 0.15) is 0 Å². The fraction of sp³-hybridized carbons (Fsp3) is 0.562. The second kappa shape index (κ2) is 6.37. The third kappa shape index (κ3) is 3.38. The minimum atomic E-state index is -0.229. The maximum Gasteiger partial charge on any atom is 0.251 e. The Hall–Kier alpha value is -1.39. The van der Waals surface area contributed by atoms with Crippen LogP contribution in [0.2, 0.25) is 0 Å². The summed E-state index contributed by atoms with van der Waals surface area (Å²) < 4.78 is 5.32. The molecule has 0 spiro atoms. The molecule has 2 rings (SSSR count). The number of ether oxygens (including phenoxy) is 1. The lowest BCUT2D eigenvalue weighted by atomic mass is 9.81. The van der Waals surface area contributed by atoms with Crippen molar-refractivity contribution in [1.29, 1.82) is 0 Å². The van der Waals surface area contributed by atoms with Gasteiger partial charge in [-0.3, -0.25) is 4.79 Å². The first-order valence-corrected chi connectivity index (χ1v) is 7.10. The van der Waals surface area contributed by atoms with Gasteiger partial charge in [-0.25, -0.2) is 0 Å². The predicted octanol–water partition coefficient (Wildman–Crippen LogP) is 1.82. The molecule has 0 saturated carbocycles. The average Bonchev–Trinajstić information content (AvgIpc) is 2.48. The number of aliphatic hydroxyl groups excluding tert-OH is 1. The van der Waals surface area contributed by atoms with Gasteiger partial charge in [0, 0.05) is 30.7 Å². The highest BCUT2D eigenvalue weighted by Gasteiger charge is 2.32. The van der Waals surface area contributed by atoms with Gasteiger partial charge in [-0.1, -0.05) is 6.07 Å². The zero-order chi connectivity index (χ0) is 14.6.